The minimum atomic E-state index is -0.918. The Kier molecular flexibility index (Phi) is 3.99. The van der Waals surface area contributed by atoms with Crippen LogP contribution in [0.2, 0.25) is 10.0 Å². The first-order valence-corrected chi connectivity index (χ1v) is 6.40. The molecule has 0 aliphatic rings. The van der Waals surface area contributed by atoms with Crippen LogP contribution >= 0.6 is 23.2 Å². The van der Waals surface area contributed by atoms with Crippen LogP contribution in [-0.2, 0) is 11.3 Å². The smallest absolute Gasteiger partial charge is 0.305 e. The van der Waals surface area contributed by atoms with Gasteiger partial charge in [0.15, 0.2) is 0 Å². The lowest BCUT2D eigenvalue weighted by Crippen LogP contribution is -2.10. The summed E-state index contributed by atoms with van der Waals surface area (Å²) in [6, 6.07) is 3.22. The van der Waals surface area contributed by atoms with Crippen molar-refractivity contribution >= 4 is 40.2 Å². The number of aliphatic hydroxyl groups is 1. The molecule has 1 unspecified atom stereocenters. The summed E-state index contributed by atoms with van der Waals surface area (Å²) in [7, 11) is 0. The SMILES string of the molecule is CC(O)c1nc2cc(Cl)c(Cl)cc2n1CCC(=O)O. The molecule has 2 aromatic rings. The first-order valence-electron chi connectivity index (χ1n) is 5.65. The Morgan fingerprint density at radius 3 is 2.63 bits per heavy atom. The van der Waals surface area contributed by atoms with Gasteiger partial charge in [-0.3, -0.25) is 4.79 Å². The highest BCUT2D eigenvalue weighted by Crippen LogP contribution is 2.29. The summed E-state index contributed by atoms with van der Waals surface area (Å²) in [5.74, 6) is -0.520. The number of rotatable bonds is 4. The van der Waals surface area contributed by atoms with Crippen LogP contribution in [0.1, 0.15) is 25.3 Å². The normalized spacial score (nSPS) is 12.8. The molecular formula is C12H12Cl2N2O3. The van der Waals surface area contributed by atoms with Crippen LogP contribution < -0.4 is 0 Å². The van der Waals surface area contributed by atoms with Crippen molar-refractivity contribution in [2.24, 2.45) is 0 Å². The second-order valence-electron chi connectivity index (χ2n) is 4.20. The molecule has 0 radical (unpaired) electrons. The van der Waals surface area contributed by atoms with Crippen LogP contribution in [0.3, 0.4) is 0 Å². The number of hydrogen-bond acceptors (Lipinski definition) is 3. The summed E-state index contributed by atoms with van der Waals surface area (Å²) in [4.78, 5) is 15.0. The number of imidazole rings is 1. The van der Waals surface area contributed by atoms with E-state index in [4.69, 9.17) is 28.3 Å². The number of aliphatic carboxylic acids is 1. The quantitative estimate of drug-likeness (QED) is 0.910. The number of aryl methyl sites for hydroxylation is 1. The van der Waals surface area contributed by atoms with Crippen molar-refractivity contribution < 1.29 is 15.0 Å². The van der Waals surface area contributed by atoms with Crippen LogP contribution in [0, 0.1) is 0 Å². The maximum Gasteiger partial charge on any atom is 0.305 e. The molecule has 102 valence electrons. The molecule has 0 aliphatic heterocycles. The Bertz CT molecular complexity index is 637. The molecule has 0 spiro atoms. The Balaban J connectivity index is 2.58. The second-order valence-corrected chi connectivity index (χ2v) is 5.01. The van der Waals surface area contributed by atoms with Gasteiger partial charge in [-0.25, -0.2) is 4.98 Å². The molecule has 7 heteroatoms. The number of aromatic nitrogens is 2. The molecule has 19 heavy (non-hydrogen) atoms. The van der Waals surface area contributed by atoms with E-state index in [1.54, 1.807) is 23.6 Å². The van der Waals surface area contributed by atoms with Gasteiger partial charge >= 0.3 is 5.97 Å². The van der Waals surface area contributed by atoms with Gasteiger partial charge in [0.1, 0.15) is 11.9 Å². The predicted molar refractivity (Wildman–Crippen MR) is 72.6 cm³/mol. The van der Waals surface area contributed by atoms with E-state index in [9.17, 15) is 9.90 Å². The number of carbonyl (C=O) groups is 1. The van der Waals surface area contributed by atoms with Gasteiger partial charge < -0.3 is 14.8 Å². The number of halogens is 2. The van der Waals surface area contributed by atoms with Gasteiger partial charge in [-0.05, 0) is 19.1 Å². The van der Waals surface area contributed by atoms with Gasteiger partial charge in [-0.2, -0.15) is 0 Å². The molecule has 0 saturated heterocycles. The third-order valence-electron chi connectivity index (χ3n) is 2.74. The highest BCUT2D eigenvalue weighted by atomic mass is 35.5. The zero-order valence-corrected chi connectivity index (χ0v) is 11.6. The van der Waals surface area contributed by atoms with E-state index in [0.29, 0.717) is 26.9 Å². The van der Waals surface area contributed by atoms with E-state index >= 15 is 0 Å². The number of carboxylic acids is 1. The lowest BCUT2D eigenvalue weighted by Gasteiger charge is -2.09. The largest absolute Gasteiger partial charge is 0.481 e. The van der Waals surface area contributed by atoms with Crippen molar-refractivity contribution in [2.45, 2.75) is 26.0 Å². The number of benzene rings is 1. The zero-order valence-electron chi connectivity index (χ0n) is 10.1. The van der Waals surface area contributed by atoms with E-state index in [2.05, 4.69) is 4.98 Å². The van der Waals surface area contributed by atoms with Gasteiger partial charge in [0, 0.05) is 6.54 Å². The van der Waals surface area contributed by atoms with Crippen LogP contribution in [0.15, 0.2) is 12.1 Å². The molecule has 1 aromatic carbocycles. The molecule has 0 saturated carbocycles. The molecular weight excluding hydrogens is 291 g/mol. The Labute approximate surface area is 119 Å². The number of hydrogen-bond donors (Lipinski definition) is 2. The zero-order chi connectivity index (χ0) is 14.2. The van der Waals surface area contributed by atoms with Gasteiger partial charge in [-0.1, -0.05) is 23.2 Å². The summed E-state index contributed by atoms with van der Waals surface area (Å²) in [6.07, 6.45) is -0.871. The van der Waals surface area contributed by atoms with Crippen LogP contribution in [0.25, 0.3) is 11.0 Å². The fourth-order valence-electron chi connectivity index (χ4n) is 1.90. The first-order chi connectivity index (χ1) is 8.90. The lowest BCUT2D eigenvalue weighted by atomic mass is 10.3. The third kappa shape index (κ3) is 2.83. The molecule has 2 N–H and O–H groups in total. The minimum Gasteiger partial charge on any atom is -0.481 e. The van der Waals surface area contributed by atoms with Crippen molar-refractivity contribution in [3.63, 3.8) is 0 Å². The molecule has 5 nitrogen and oxygen atoms in total. The number of nitrogens with zero attached hydrogens (tertiary/aromatic N) is 2. The fourth-order valence-corrected chi connectivity index (χ4v) is 2.22. The minimum absolute atomic E-state index is 0.0641. The van der Waals surface area contributed by atoms with Crippen LogP contribution in [0.5, 0.6) is 0 Å². The topological polar surface area (TPSA) is 75.4 Å². The summed E-state index contributed by atoms with van der Waals surface area (Å²) in [5.41, 5.74) is 1.24. The molecule has 0 fully saturated rings. The molecule has 0 aliphatic carbocycles. The molecule has 0 bridgehead atoms. The van der Waals surface area contributed by atoms with E-state index in [1.165, 1.54) is 0 Å². The van der Waals surface area contributed by atoms with Crippen molar-refractivity contribution in [3.05, 3.63) is 28.0 Å². The molecule has 2 rings (SSSR count). The van der Waals surface area contributed by atoms with Crippen molar-refractivity contribution in [1.29, 1.82) is 0 Å². The highest BCUT2D eigenvalue weighted by molar-refractivity contribution is 6.42. The standard InChI is InChI=1S/C12H12Cl2N2O3/c1-6(17)12-15-9-4-7(13)8(14)5-10(9)16(12)3-2-11(18)19/h4-6,17H,2-3H2,1H3,(H,18,19). The molecule has 0 amide bonds. The predicted octanol–water partition coefficient (Wildman–Crippen LogP) is 2.87. The third-order valence-corrected chi connectivity index (χ3v) is 3.46. The van der Waals surface area contributed by atoms with Crippen LogP contribution in [-0.4, -0.2) is 25.7 Å². The fraction of sp³-hybridized carbons (Fsp3) is 0.333. The summed E-state index contributed by atoms with van der Waals surface area (Å²) in [5, 5.41) is 19.2. The second kappa shape index (κ2) is 5.36. The van der Waals surface area contributed by atoms with E-state index in [0.717, 1.165) is 0 Å². The van der Waals surface area contributed by atoms with E-state index < -0.39 is 12.1 Å². The lowest BCUT2D eigenvalue weighted by molar-refractivity contribution is -0.137. The van der Waals surface area contributed by atoms with Gasteiger partial charge in [0.2, 0.25) is 0 Å². The maximum absolute atomic E-state index is 10.7. The number of fused-ring (bicyclic) bond motifs is 1. The maximum atomic E-state index is 10.7. The average molecular weight is 303 g/mol. The van der Waals surface area contributed by atoms with Gasteiger partial charge in [-0.15, -0.1) is 0 Å². The Morgan fingerprint density at radius 1 is 1.42 bits per heavy atom. The molecule has 1 aromatic heterocycles. The summed E-state index contributed by atoms with van der Waals surface area (Å²) >= 11 is 11.9. The summed E-state index contributed by atoms with van der Waals surface area (Å²) in [6.45, 7) is 1.78. The monoisotopic (exact) mass is 302 g/mol. The molecule has 1 atom stereocenters. The van der Waals surface area contributed by atoms with E-state index in [1.807, 2.05) is 0 Å². The molecule has 1 heterocycles. The summed E-state index contributed by atoms with van der Waals surface area (Å²) < 4.78 is 1.65. The van der Waals surface area contributed by atoms with Crippen molar-refractivity contribution in [1.82, 2.24) is 9.55 Å². The first kappa shape index (κ1) is 14.1. The Morgan fingerprint density at radius 2 is 2.05 bits per heavy atom. The van der Waals surface area contributed by atoms with Gasteiger partial charge in [0.05, 0.1) is 27.5 Å². The Hall–Kier alpha value is -1.30. The van der Waals surface area contributed by atoms with E-state index in [-0.39, 0.29) is 13.0 Å². The van der Waals surface area contributed by atoms with Gasteiger partial charge in [0.25, 0.3) is 0 Å². The van der Waals surface area contributed by atoms with Crippen molar-refractivity contribution in [3.8, 4) is 0 Å². The average Bonchev–Trinajstić information content (AvgIpc) is 2.65. The van der Waals surface area contributed by atoms with Crippen molar-refractivity contribution in [2.75, 3.05) is 0 Å². The number of aliphatic hydroxyl groups excluding tert-OH is 1. The highest BCUT2D eigenvalue weighted by Gasteiger charge is 2.16. The van der Waals surface area contributed by atoms with Crippen LogP contribution in [0.4, 0.5) is 0 Å². The number of carboxylic acid groups (broad SMARTS) is 1.